The third-order valence-corrected chi connectivity index (χ3v) is 3.04. The summed E-state index contributed by atoms with van der Waals surface area (Å²) in [6, 6.07) is 0. The third-order valence-electron chi connectivity index (χ3n) is 2.75. The zero-order chi connectivity index (χ0) is 11.2. The summed E-state index contributed by atoms with van der Waals surface area (Å²) in [6.45, 7) is 2.10. The molecule has 0 aliphatic heterocycles. The van der Waals surface area contributed by atoms with Gasteiger partial charge in [-0.05, 0) is 26.2 Å². The summed E-state index contributed by atoms with van der Waals surface area (Å²) in [5.74, 6) is 0.949. The molecular formula is C14H27S. The van der Waals surface area contributed by atoms with Gasteiger partial charge in [-0.3, -0.25) is 0 Å². The Bertz CT molecular complexity index is 129. The molecule has 0 nitrogen and oxygen atoms in total. The highest BCUT2D eigenvalue weighted by Crippen LogP contribution is 2.10. The van der Waals surface area contributed by atoms with Crippen LogP contribution in [-0.2, 0) is 0 Å². The highest BCUT2D eigenvalue weighted by molar-refractivity contribution is 7.80. The Kier molecular flexibility index (Phi) is 14.2. The van der Waals surface area contributed by atoms with E-state index in [2.05, 4.69) is 19.1 Å². The first-order valence-electron chi connectivity index (χ1n) is 6.61. The quantitative estimate of drug-likeness (QED) is 0.315. The van der Waals surface area contributed by atoms with Gasteiger partial charge in [-0.2, -0.15) is 0 Å². The van der Waals surface area contributed by atoms with Gasteiger partial charge in [-0.25, -0.2) is 0 Å². The van der Waals surface area contributed by atoms with Crippen molar-refractivity contribution in [3.05, 3.63) is 12.2 Å². The smallest absolute Gasteiger partial charge is 0.00369 e. The number of hydrogen-bond donors (Lipinski definition) is 0. The Morgan fingerprint density at radius 1 is 0.733 bits per heavy atom. The van der Waals surface area contributed by atoms with E-state index in [4.69, 9.17) is 12.6 Å². The standard InChI is InChI=1S/C14H27S/c1-2-3-4-5-6-7-8-9-10-11-12-13-14-15/h2-3H,4-14H2,1H3. The maximum absolute atomic E-state index is 4.92. The second-order valence-corrected chi connectivity index (χ2v) is 4.65. The molecule has 0 bridgehead atoms. The number of allylic oxidation sites excluding steroid dienone is 2. The van der Waals surface area contributed by atoms with Gasteiger partial charge in [0.15, 0.2) is 0 Å². The fourth-order valence-corrected chi connectivity index (χ4v) is 1.97. The van der Waals surface area contributed by atoms with E-state index in [1.807, 2.05) is 0 Å². The van der Waals surface area contributed by atoms with Crippen LogP contribution in [0.25, 0.3) is 0 Å². The molecule has 0 aromatic rings. The Balaban J connectivity index is 2.86. The maximum Gasteiger partial charge on any atom is 0.00369 e. The van der Waals surface area contributed by atoms with Crippen molar-refractivity contribution in [3.63, 3.8) is 0 Å². The number of unbranched alkanes of at least 4 members (excludes halogenated alkanes) is 9. The lowest BCUT2D eigenvalue weighted by molar-refractivity contribution is 0.567. The largest absolute Gasteiger partial charge is 0.0942 e. The van der Waals surface area contributed by atoms with Gasteiger partial charge in [-0.15, -0.1) is 0 Å². The molecule has 1 radical (unpaired) electrons. The molecule has 0 rings (SSSR count). The lowest BCUT2D eigenvalue weighted by Gasteiger charge is -2.00. The van der Waals surface area contributed by atoms with Crippen molar-refractivity contribution in [2.24, 2.45) is 0 Å². The maximum atomic E-state index is 4.92. The molecule has 0 atom stereocenters. The van der Waals surface area contributed by atoms with E-state index >= 15 is 0 Å². The molecule has 1 heteroatoms. The third kappa shape index (κ3) is 14.1. The van der Waals surface area contributed by atoms with Crippen LogP contribution in [0, 0.1) is 0 Å². The topological polar surface area (TPSA) is 0 Å². The highest BCUT2D eigenvalue weighted by Gasteiger charge is 1.91. The molecule has 15 heavy (non-hydrogen) atoms. The van der Waals surface area contributed by atoms with Crippen LogP contribution in [0.4, 0.5) is 0 Å². The zero-order valence-corrected chi connectivity index (χ0v) is 11.2. The van der Waals surface area contributed by atoms with Gasteiger partial charge in [0.1, 0.15) is 0 Å². The Morgan fingerprint density at radius 3 is 1.67 bits per heavy atom. The minimum absolute atomic E-state index is 0.949. The van der Waals surface area contributed by atoms with Gasteiger partial charge in [0, 0.05) is 5.75 Å². The predicted molar refractivity (Wildman–Crippen MR) is 73.4 cm³/mol. The van der Waals surface area contributed by atoms with Gasteiger partial charge in [0.2, 0.25) is 0 Å². The van der Waals surface area contributed by atoms with Gasteiger partial charge in [0.25, 0.3) is 0 Å². The molecule has 0 aromatic carbocycles. The summed E-state index contributed by atoms with van der Waals surface area (Å²) in [4.78, 5) is 0. The Morgan fingerprint density at radius 2 is 1.20 bits per heavy atom. The van der Waals surface area contributed by atoms with Crippen LogP contribution >= 0.6 is 12.6 Å². The molecular weight excluding hydrogens is 200 g/mol. The van der Waals surface area contributed by atoms with Crippen LogP contribution in [0.5, 0.6) is 0 Å². The van der Waals surface area contributed by atoms with E-state index in [1.54, 1.807) is 0 Å². The lowest BCUT2D eigenvalue weighted by Crippen LogP contribution is -1.82. The fourth-order valence-electron chi connectivity index (χ4n) is 1.77. The molecule has 0 saturated heterocycles. The summed E-state index contributed by atoms with van der Waals surface area (Å²) in [6.07, 6.45) is 18.2. The normalized spacial score (nSPS) is 11.3. The molecule has 0 aliphatic rings. The first kappa shape index (κ1) is 15.1. The van der Waals surface area contributed by atoms with E-state index in [1.165, 1.54) is 64.2 Å². The van der Waals surface area contributed by atoms with Crippen LogP contribution in [0.1, 0.15) is 71.1 Å². The zero-order valence-electron chi connectivity index (χ0n) is 10.3. The van der Waals surface area contributed by atoms with Crippen LogP contribution < -0.4 is 0 Å². The molecule has 0 amide bonds. The predicted octanol–water partition coefficient (Wildman–Crippen LogP) is 5.66. The molecule has 0 aromatic heterocycles. The van der Waals surface area contributed by atoms with Gasteiger partial charge >= 0.3 is 0 Å². The van der Waals surface area contributed by atoms with E-state index in [-0.39, 0.29) is 0 Å². The van der Waals surface area contributed by atoms with Crippen molar-refractivity contribution in [1.29, 1.82) is 0 Å². The average molecular weight is 227 g/mol. The monoisotopic (exact) mass is 227 g/mol. The molecule has 0 N–H and O–H groups in total. The molecule has 0 fully saturated rings. The van der Waals surface area contributed by atoms with Crippen LogP contribution in [-0.4, -0.2) is 5.75 Å². The summed E-state index contributed by atoms with van der Waals surface area (Å²) >= 11 is 4.92. The fraction of sp³-hybridized carbons (Fsp3) is 0.857. The summed E-state index contributed by atoms with van der Waals surface area (Å²) < 4.78 is 0. The molecule has 0 saturated carbocycles. The van der Waals surface area contributed by atoms with Crippen molar-refractivity contribution in [2.45, 2.75) is 71.1 Å². The second-order valence-electron chi connectivity index (χ2n) is 4.24. The van der Waals surface area contributed by atoms with Crippen molar-refractivity contribution >= 4 is 12.6 Å². The molecule has 89 valence electrons. The summed E-state index contributed by atoms with van der Waals surface area (Å²) in [5.41, 5.74) is 0. The first-order chi connectivity index (χ1) is 7.41. The van der Waals surface area contributed by atoms with E-state index in [0.717, 1.165) is 5.75 Å². The van der Waals surface area contributed by atoms with Gasteiger partial charge in [0.05, 0.1) is 0 Å². The van der Waals surface area contributed by atoms with Crippen LogP contribution in [0.3, 0.4) is 0 Å². The average Bonchev–Trinajstić information content (AvgIpc) is 2.26. The van der Waals surface area contributed by atoms with Crippen molar-refractivity contribution in [3.8, 4) is 0 Å². The highest BCUT2D eigenvalue weighted by atomic mass is 32.1. The van der Waals surface area contributed by atoms with Gasteiger partial charge < -0.3 is 0 Å². The second kappa shape index (κ2) is 14.1. The molecule has 0 heterocycles. The minimum atomic E-state index is 0.949. The van der Waals surface area contributed by atoms with E-state index in [9.17, 15) is 0 Å². The number of hydrogen-bond acceptors (Lipinski definition) is 0. The Hall–Kier alpha value is 0.0900. The van der Waals surface area contributed by atoms with Crippen molar-refractivity contribution in [1.82, 2.24) is 0 Å². The van der Waals surface area contributed by atoms with Crippen molar-refractivity contribution in [2.75, 3.05) is 5.75 Å². The Labute approximate surface area is 102 Å². The van der Waals surface area contributed by atoms with Gasteiger partial charge in [-0.1, -0.05) is 69.7 Å². The summed E-state index contributed by atoms with van der Waals surface area (Å²) in [7, 11) is 0. The van der Waals surface area contributed by atoms with Crippen LogP contribution in [0.2, 0.25) is 0 Å². The first-order valence-corrected chi connectivity index (χ1v) is 7.18. The lowest BCUT2D eigenvalue weighted by atomic mass is 10.1. The molecule has 0 spiro atoms. The van der Waals surface area contributed by atoms with Crippen molar-refractivity contribution < 1.29 is 0 Å². The molecule has 0 unspecified atom stereocenters. The molecule has 0 aliphatic carbocycles. The summed E-state index contributed by atoms with van der Waals surface area (Å²) in [5, 5.41) is 0. The van der Waals surface area contributed by atoms with E-state index < -0.39 is 0 Å². The van der Waals surface area contributed by atoms with E-state index in [0.29, 0.717) is 0 Å². The SMILES string of the molecule is CC=CCCCCCCCCCCC[S]. The minimum Gasteiger partial charge on any atom is -0.0942 e. The number of rotatable bonds is 11. The van der Waals surface area contributed by atoms with Crippen LogP contribution in [0.15, 0.2) is 12.2 Å².